The molecule has 0 fully saturated rings. The van der Waals surface area contributed by atoms with Gasteiger partial charge in [0.05, 0.1) is 10.7 Å². The van der Waals surface area contributed by atoms with E-state index in [1.54, 1.807) is 23.9 Å². The maximum Gasteiger partial charge on any atom is 0.340 e. The highest BCUT2D eigenvalue weighted by molar-refractivity contribution is 7.97. The largest absolute Gasteiger partial charge is 0.340 e. The quantitative estimate of drug-likeness (QED) is 0.629. The summed E-state index contributed by atoms with van der Waals surface area (Å²) >= 11 is 1.56. The van der Waals surface area contributed by atoms with E-state index >= 15 is 0 Å². The van der Waals surface area contributed by atoms with E-state index < -0.39 is 4.92 Å². The molecule has 0 aliphatic rings. The van der Waals surface area contributed by atoms with E-state index in [2.05, 4.69) is 15.2 Å². The first-order valence-corrected chi connectivity index (χ1v) is 6.25. The minimum Gasteiger partial charge on any atom is -0.292 e. The highest BCUT2D eigenvalue weighted by Crippen LogP contribution is 2.18. The Kier molecular flexibility index (Phi) is 3.78. The molecule has 0 atom stereocenters. The number of H-pyrrole nitrogens is 2. The lowest BCUT2D eigenvalue weighted by Crippen LogP contribution is -2.00. The van der Waals surface area contributed by atoms with Crippen LogP contribution in [0.1, 0.15) is 11.4 Å². The fourth-order valence-electron chi connectivity index (χ4n) is 1.35. The van der Waals surface area contributed by atoms with Crippen LogP contribution >= 0.6 is 11.8 Å². The number of rotatable bonds is 5. The Hall–Kier alpha value is -2.09. The van der Waals surface area contributed by atoms with Crippen LogP contribution in [0.25, 0.3) is 0 Å². The highest BCUT2D eigenvalue weighted by Gasteiger charge is 2.04. The van der Waals surface area contributed by atoms with Crippen LogP contribution in [0.2, 0.25) is 0 Å². The Morgan fingerprint density at radius 1 is 1.28 bits per heavy atom. The van der Waals surface area contributed by atoms with Gasteiger partial charge in [-0.3, -0.25) is 15.1 Å². The van der Waals surface area contributed by atoms with E-state index in [0.29, 0.717) is 17.3 Å². The summed E-state index contributed by atoms with van der Waals surface area (Å²) in [5.74, 6) is 1.87. The zero-order valence-corrected chi connectivity index (χ0v) is 10.1. The molecule has 0 amide bonds. The fourth-order valence-corrected chi connectivity index (χ4v) is 2.21. The summed E-state index contributed by atoms with van der Waals surface area (Å²) in [6, 6.07) is 6.40. The van der Waals surface area contributed by atoms with Crippen LogP contribution in [0.4, 0.5) is 5.69 Å². The third-order valence-electron chi connectivity index (χ3n) is 2.20. The lowest BCUT2D eigenvalue weighted by Gasteiger charge is -1.99. The molecule has 18 heavy (non-hydrogen) atoms. The van der Waals surface area contributed by atoms with Crippen molar-refractivity contribution in [1.82, 2.24) is 15.2 Å². The zero-order chi connectivity index (χ0) is 13.0. The van der Waals surface area contributed by atoms with E-state index in [0.717, 1.165) is 5.56 Å². The maximum absolute atomic E-state index is 10.8. The first-order valence-electron chi connectivity index (χ1n) is 5.10. The van der Waals surface area contributed by atoms with E-state index in [4.69, 9.17) is 0 Å². The SMILES string of the molecule is O=c1[nH]nc(CSCc2ccc([N+](=O)[O-])cc2)[nH]1. The number of aromatic amines is 2. The second-order valence-corrected chi connectivity index (χ2v) is 4.53. The Labute approximate surface area is 106 Å². The van der Waals surface area contributed by atoms with Gasteiger partial charge in [-0.05, 0) is 5.56 Å². The summed E-state index contributed by atoms with van der Waals surface area (Å²) in [6.45, 7) is 0. The fraction of sp³-hybridized carbons (Fsp3) is 0.200. The predicted molar refractivity (Wildman–Crippen MR) is 67.3 cm³/mol. The molecule has 94 valence electrons. The average Bonchev–Trinajstić information content (AvgIpc) is 2.76. The number of benzene rings is 1. The second kappa shape index (κ2) is 5.50. The molecule has 2 N–H and O–H groups in total. The Bertz CT molecular complexity index is 590. The molecule has 1 aromatic heterocycles. The minimum atomic E-state index is -0.425. The summed E-state index contributed by atoms with van der Waals surface area (Å²) in [6.07, 6.45) is 0. The van der Waals surface area contributed by atoms with Gasteiger partial charge in [0.1, 0.15) is 5.82 Å². The van der Waals surface area contributed by atoms with Gasteiger partial charge in [-0.2, -0.15) is 5.10 Å². The van der Waals surface area contributed by atoms with Gasteiger partial charge >= 0.3 is 5.69 Å². The molecule has 8 heteroatoms. The van der Waals surface area contributed by atoms with Crippen molar-refractivity contribution in [2.75, 3.05) is 0 Å². The average molecular weight is 266 g/mol. The summed E-state index contributed by atoms with van der Waals surface area (Å²) in [4.78, 5) is 23.4. The first-order chi connectivity index (χ1) is 8.65. The van der Waals surface area contributed by atoms with Crippen LogP contribution in [-0.2, 0) is 11.5 Å². The number of aromatic nitrogens is 3. The Morgan fingerprint density at radius 3 is 2.56 bits per heavy atom. The minimum absolute atomic E-state index is 0.0837. The standard InChI is InChI=1S/C10H10N4O3S/c15-10-11-9(12-13-10)6-18-5-7-1-3-8(4-2-7)14(16)17/h1-4H,5-6H2,(H2,11,12,13,15). The van der Waals surface area contributed by atoms with Crippen molar-refractivity contribution in [3.63, 3.8) is 0 Å². The third-order valence-corrected chi connectivity index (χ3v) is 3.22. The lowest BCUT2D eigenvalue weighted by atomic mass is 10.2. The van der Waals surface area contributed by atoms with Crippen molar-refractivity contribution in [3.8, 4) is 0 Å². The lowest BCUT2D eigenvalue weighted by molar-refractivity contribution is -0.384. The Morgan fingerprint density at radius 2 is 2.00 bits per heavy atom. The molecule has 0 spiro atoms. The summed E-state index contributed by atoms with van der Waals surface area (Å²) in [5.41, 5.74) is 0.754. The summed E-state index contributed by atoms with van der Waals surface area (Å²) < 4.78 is 0. The topological polar surface area (TPSA) is 105 Å². The summed E-state index contributed by atoms with van der Waals surface area (Å²) in [7, 11) is 0. The predicted octanol–water partition coefficient (Wildman–Crippen LogP) is 1.44. The number of non-ortho nitro benzene ring substituents is 1. The number of nitro benzene ring substituents is 1. The molecule has 1 aromatic carbocycles. The molecule has 0 unspecified atom stereocenters. The van der Waals surface area contributed by atoms with Crippen molar-refractivity contribution in [1.29, 1.82) is 0 Å². The van der Waals surface area contributed by atoms with E-state index in [9.17, 15) is 14.9 Å². The number of nitro groups is 1. The van der Waals surface area contributed by atoms with E-state index in [-0.39, 0.29) is 11.4 Å². The van der Waals surface area contributed by atoms with Gasteiger partial charge in [0.25, 0.3) is 5.69 Å². The van der Waals surface area contributed by atoms with Crippen LogP contribution in [0.3, 0.4) is 0 Å². The van der Waals surface area contributed by atoms with Crippen molar-refractivity contribution in [2.45, 2.75) is 11.5 Å². The molecule has 2 rings (SSSR count). The van der Waals surface area contributed by atoms with Gasteiger partial charge in [-0.25, -0.2) is 9.89 Å². The molecule has 0 bridgehead atoms. The van der Waals surface area contributed by atoms with Gasteiger partial charge in [0, 0.05) is 17.9 Å². The van der Waals surface area contributed by atoms with E-state index in [1.807, 2.05) is 0 Å². The molecule has 0 aliphatic carbocycles. The Balaban J connectivity index is 1.86. The zero-order valence-electron chi connectivity index (χ0n) is 9.25. The first kappa shape index (κ1) is 12.4. The molecule has 1 heterocycles. The normalized spacial score (nSPS) is 10.4. The molecular weight excluding hydrogens is 256 g/mol. The van der Waals surface area contributed by atoms with Crippen LogP contribution in [-0.4, -0.2) is 20.1 Å². The number of hydrogen-bond donors (Lipinski definition) is 2. The molecule has 0 saturated carbocycles. The number of nitrogens with one attached hydrogen (secondary N) is 2. The van der Waals surface area contributed by atoms with Gasteiger partial charge in [-0.15, -0.1) is 11.8 Å². The second-order valence-electron chi connectivity index (χ2n) is 3.54. The smallest absolute Gasteiger partial charge is 0.292 e. The van der Waals surface area contributed by atoms with Gasteiger partial charge in [-0.1, -0.05) is 12.1 Å². The maximum atomic E-state index is 10.8. The van der Waals surface area contributed by atoms with Crippen molar-refractivity contribution >= 4 is 17.4 Å². The van der Waals surface area contributed by atoms with Crippen molar-refractivity contribution in [2.24, 2.45) is 0 Å². The van der Waals surface area contributed by atoms with Crippen LogP contribution in [0.5, 0.6) is 0 Å². The third kappa shape index (κ3) is 3.20. The summed E-state index contributed by atoms with van der Waals surface area (Å²) in [5, 5.41) is 16.5. The van der Waals surface area contributed by atoms with Crippen LogP contribution in [0, 0.1) is 10.1 Å². The molecule has 0 aliphatic heterocycles. The van der Waals surface area contributed by atoms with Crippen molar-refractivity contribution in [3.05, 3.63) is 56.3 Å². The number of hydrogen-bond acceptors (Lipinski definition) is 5. The van der Waals surface area contributed by atoms with Crippen LogP contribution in [0.15, 0.2) is 29.1 Å². The molecule has 2 aromatic rings. The van der Waals surface area contributed by atoms with Crippen molar-refractivity contribution < 1.29 is 4.92 Å². The van der Waals surface area contributed by atoms with Gasteiger partial charge in [0.15, 0.2) is 0 Å². The van der Waals surface area contributed by atoms with E-state index in [1.165, 1.54) is 12.1 Å². The molecule has 0 saturated heterocycles. The number of nitrogens with zero attached hydrogens (tertiary/aromatic N) is 2. The monoisotopic (exact) mass is 266 g/mol. The molecule has 7 nitrogen and oxygen atoms in total. The highest BCUT2D eigenvalue weighted by atomic mass is 32.2. The number of thioether (sulfide) groups is 1. The van der Waals surface area contributed by atoms with Gasteiger partial charge < -0.3 is 0 Å². The van der Waals surface area contributed by atoms with Gasteiger partial charge in [0.2, 0.25) is 0 Å². The molecular formula is C10H10N4O3S. The molecule has 0 radical (unpaired) electrons. The van der Waals surface area contributed by atoms with Crippen LogP contribution < -0.4 is 5.69 Å².